The van der Waals surface area contributed by atoms with Crippen molar-refractivity contribution >= 4 is 27.5 Å². The number of halogens is 2. The summed E-state index contributed by atoms with van der Waals surface area (Å²) >= 11 is 9.65. The van der Waals surface area contributed by atoms with Gasteiger partial charge >= 0.3 is 0 Å². The molecule has 2 nitrogen and oxygen atoms in total. The van der Waals surface area contributed by atoms with E-state index in [2.05, 4.69) is 27.0 Å². The quantitative estimate of drug-likeness (QED) is 0.620. The Balaban J connectivity index is 2.37. The third kappa shape index (κ3) is 2.85. The molecule has 0 spiro atoms. The van der Waals surface area contributed by atoms with Gasteiger partial charge in [0.15, 0.2) is 0 Å². The van der Waals surface area contributed by atoms with Crippen molar-refractivity contribution < 1.29 is 0 Å². The zero-order chi connectivity index (χ0) is 12.3. The summed E-state index contributed by atoms with van der Waals surface area (Å²) in [4.78, 5) is 4.31. The summed E-state index contributed by atoms with van der Waals surface area (Å²) < 4.78 is 0.747. The van der Waals surface area contributed by atoms with Crippen LogP contribution in [0.15, 0.2) is 47.1 Å². The number of nitrogens with zero attached hydrogens (tertiary/aromatic N) is 2. The van der Waals surface area contributed by atoms with E-state index >= 15 is 0 Å². The SMILES string of the molecule is N#Cc1cccc(C(Cl)c2cccc(Br)n2)c1. The Morgan fingerprint density at radius 1 is 1.24 bits per heavy atom. The van der Waals surface area contributed by atoms with Gasteiger partial charge in [0.25, 0.3) is 0 Å². The van der Waals surface area contributed by atoms with E-state index in [1.807, 2.05) is 30.3 Å². The van der Waals surface area contributed by atoms with Crippen LogP contribution in [0, 0.1) is 11.3 Å². The van der Waals surface area contributed by atoms with Gasteiger partial charge in [-0.1, -0.05) is 18.2 Å². The number of pyridine rings is 1. The molecule has 0 saturated carbocycles. The van der Waals surface area contributed by atoms with Gasteiger partial charge in [-0.2, -0.15) is 5.26 Å². The highest BCUT2D eigenvalue weighted by atomic mass is 79.9. The third-order valence-corrected chi connectivity index (χ3v) is 3.22. The largest absolute Gasteiger partial charge is 0.244 e. The van der Waals surface area contributed by atoms with Crippen LogP contribution in [0.3, 0.4) is 0 Å². The average molecular weight is 308 g/mol. The monoisotopic (exact) mass is 306 g/mol. The van der Waals surface area contributed by atoms with Crippen LogP contribution in [0.5, 0.6) is 0 Å². The predicted octanol–water partition coefficient (Wildman–Crippen LogP) is 4.04. The number of hydrogen-bond acceptors (Lipinski definition) is 2. The lowest BCUT2D eigenvalue weighted by molar-refractivity contribution is 1.02. The molecule has 1 heterocycles. The molecule has 0 bridgehead atoms. The number of rotatable bonds is 2. The van der Waals surface area contributed by atoms with Crippen molar-refractivity contribution in [2.24, 2.45) is 0 Å². The van der Waals surface area contributed by atoms with E-state index in [0.717, 1.165) is 15.9 Å². The lowest BCUT2D eigenvalue weighted by atomic mass is 10.1. The molecule has 0 saturated heterocycles. The Kier molecular flexibility index (Phi) is 3.78. The number of alkyl halides is 1. The summed E-state index contributed by atoms with van der Waals surface area (Å²) in [6.45, 7) is 0. The van der Waals surface area contributed by atoms with Crippen molar-refractivity contribution in [1.29, 1.82) is 5.26 Å². The first-order chi connectivity index (χ1) is 8.20. The number of nitriles is 1. The van der Waals surface area contributed by atoms with E-state index in [1.54, 1.807) is 12.1 Å². The highest BCUT2D eigenvalue weighted by Gasteiger charge is 2.12. The second kappa shape index (κ2) is 5.31. The van der Waals surface area contributed by atoms with Crippen molar-refractivity contribution in [2.75, 3.05) is 0 Å². The second-order valence-corrected chi connectivity index (χ2v) is 4.73. The first-order valence-corrected chi connectivity index (χ1v) is 6.20. The van der Waals surface area contributed by atoms with Gasteiger partial charge in [0.05, 0.1) is 17.3 Å². The van der Waals surface area contributed by atoms with Crippen LogP contribution < -0.4 is 0 Å². The van der Waals surface area contributed by atoms with Crippen LogP contribution in [0.4, 0.5) is 0 Å². The fraction of sp³-hybridized carbons (Fsp3) is 0.0769. The smallest absolute Gasteiger partial charge is 0.106 e. The minimum atomic E-state index is -0.346. The Hall–Kier alpha value is -1.37. The molecule has 1 aromatic carbocycles. The maximum atomic E-state index is 8.84. The maximum absolute atomic E-state index is 8.84. The molecule has 0 aliphatic carbocycles. The number of benzene rings is 1. The summed E-state index contributed by atoms with van der Waals surface area (Å²) in [6, 6.07) is 14.9. The van der Waals surface area contributed by atoms with E-state index in [9.17, 15) is 0 Å². The minimum absolute atomic E-state index is 0.346. The Bertz CT molecular complexity index is 578. The summed E-state index contributed by atoms with van der Waals surface area (Å²) in [7, 11) is 0. The van der Waals surface area contributed by atoms with Crippen molar-refractivity contribution in [1.82, 2.24) is 4.98 Å². The van der Waals surface area contributed by atoms with E-state index in [4.69, 9.17) is 16.9 Å². The third-order valence-electron chi connectivity index (χ3n) is 2.30. The summed E-state index contributed by atoms with van der Waals surface area (Å²) in [5.74, 6) is 0. The van der Waals surface area contributed by atoms with E-state index in [-0.39, 0.29) is 5.38 Å². The predicted molar refractivity (Wildman–Crippen MR) is 70.8 cm³/mol. The van der Waals surface area contributed by atoms with Gasteiger partial charge in [-0.3, -0.25) is 0 Å². The number of hydrogen-bond donors (Lipinski definition) is 0. The van der Waals surface area contributed by atoms with Crippen molar-refractivity contribution in [3.05, 3.63) is 63.9 Å². The zero-order valence-electron chi connectivity index (χ0n) is 8.77. The van der Waals surface area contributed by atoms with Gasteiger partial charge in [0, 0.05) is 0 Å². The molecular formula is C13H8BrClN2. The molecule has 17 heavy (non-hydrogen) atoms. The van der Waals surface area contributed by atoms with Crippen LogP contribution in [0.2, 0.25) is 0 Å². The molecule has 4 heteroatoms. The lowest BCUT2D eigenvalue weighted by Crippen LogP contribution is -1.97. The molecule has 2 aromatic rings. The normalized spacial score (nSPS) is 11.8. The molecule has 0 N–H and O–H groups in total. The van der Waals surface area contributed by atoms with E-state index in [1.165, 1.54) is 0 Å². The summed E-state index contributed by atoms with van der Waals surface area (Å²) in [5, 5.41) is 8.50. The molecule has 0 aliphatic heterocycles. The standard InChI is InChI=1S/C13H8BrClN2/c14-12-6-2-5-11(17-12)13(15)10-4-1-3-9(7-10)8-16/h1-7,13H. The van der Waals surface area contributed by atoms with Crippen molar-refractivity contribution in [2.45, 2.75) is 5.38 Å². The van der Waals surface area contributed by atoms with Gasteiger partial charge in [-0.05, 0) is 45.8 Å². The number of aromatic nitrogens is 1. The molecule has 1 aromatic heterocycles. The van der Waals surface area contributed by atoms with Gasteiger partial charge in [0.1, 0.15) is 9.98 Å². The first kappa shape index (κ1) is 12.1. The molecule has 84 valence electrons. The molecule has 2 rings (SSSR count). The highest BCUT2D eigenvalue weighted by molar-refractivity contribution is 9.10. The van der Waals surface area contributed by atoms with Crippen LogP contribution in [-0.4, -0.2) is 4.98 Å². The first-order valence-electron chi connectivity index (χ1n) is 4.97. The Morgan fingerprint density at radius 3 is 2.71 bits per heavy atom. The molecule has 0 aliphatic rings. The Labute approximate surface area is 113 Å². The van der Waals surface area contributed by atoms with Gasteiger partial charge in [-0.25, -0.2) is 4.98 Å². The molecule has 1 atom stereocenters. The van der Waals surface area contributed by atoms with Crippen molar-refractivity contribution in [3.8, 4) is 6.07 Å². The summed E-state index contributed by atoms with van der Waals surface area (Å²) in [6.07, 6.45) is 0. The maximum Gasteiger partial charge on any atom is 0.106 e. The summed E-state index contributed by atoms with van der Waals surface area (Å²) in [5.41, 5.74) is 2.23. The second-order valence-electron chi connectivity index (χ2n) is 3.48. The molecule has 1 unspecified atom stereocenters. The van der Waals surface area contributed by atoms with Crippen LogP contribution >= 0.6 is 27.5 Å². The average Bonchev–Trinajstić information content (AvgIpc) is 2.38. The van der Waals surface area contributed by atoms with Gasteiger partial charge < -0.3 is 0 Å². The van der Waals surface area contributed by atoms with Crippen molar-refractivity contribution in [3.63, 3.8) is 0 Å². The topological polar surface area (TPSA) is 36.7 Å². The van der Waals surface area contributed by atoms with E-state index in [0.29, 0.717) is 5.56 Å². The van der Waals surface area contributed by atoms with Crippen LogP contribution in [0.1, 0.15) is 22.2 Å². The fourth-order valence-electron chi connectivity index (χ4n) is 1.50. The van der Waals surface area contributed by atoms with Crippen LogP contribution in [0.25, 0.3) is 0 Å². The highest BCUT2D eigenvalue weighted by Crippen LogP contribution is 2.28. The zero-order valence-corrected chi connectivity index (χ0v) is 11.1. The van der Waals surface area contributed by atoms with E-state index < -0.39 is 0 Å². The molecule has 0 fully saturated rings. The van der Waals surface area contributed by atoms with Gasteiger partial charge in [-0.15, -0.1) is 11.6 Å². The fourth-order valence-corrected chi connectivity index (χ4v) is 2.12. The van der Waals surface area contributed by atoms with Gasteiger partial charge in [0.2, 0.25) is 0 Å². The Morgan fingerprint density at radius 2 is 2.00 bits per heavy atom. The molecule has 0 amide bonds. The molecular weight excluding hydrogens is 300 g/mol. The molecule has 0 radical (unpaired) electrons. The van der Waals surface area contributed by atoms with Crippen LogP contribution in [-0.2, 0) is 0 Å². The lowest BCUT2D eigenvalue weighted by Gasteiger charge is -2.09. The minimum Gasteiger partial charge on any atom is -0.244 e.